The van der Waals surface area contributed by atoms with Crippen LogP contribution in [0.1, 0.15) is 32.1 Å². The summed E-state index contributed by atoms with van der Waals surface area (Å²) in [7, 11) is 1.87. The van der Waals surface area contributed by atoms with E-state index in [9.17, 15) is 18.0 Å². The molecular formula is C10H17F3N2O. The Morgan fingerprint density at radius 2 is 1.69 bits per heavy atom. The van der Waals surface area contributed by atoms with Crippen molar-refractivity contribution in [1.29, 1.82) is 0 Å². The van der Waals surface area contributed by atoms with Gasteiger partial charge in [-0.15, -0.1) is 0 Å². The maximum Gasteiger partial charge on any atom is 0.397 e. The molecule has 1 saturated carbocycles. The fourth-order valence-corrected chi connectivity index (χ4v) is 1.99. The molecule has 16 heavy (non-hydrogen) atoms. The molecule has 1 fully saturated rings. The van der Waals surface area contributed by atoms with Gasteiger partial charge in [-0.1, -0.05) is 0 Å². The van der Waals surface area contributed by atoms with Gasteiger partial charge in [-0.25, -0.2) is 0 Å². The average molecular weight is 238 g/mol. The fraction of sp³-hybridized carbons (Fsp3) is 0.900. The van der Waals surface area contributed by atoms with Crippen LogP contribution in [0.5, 0.6) is 0 Å². The SMILES string of the molecule is CNC1CCC(NC(=O)CC(F)(F)F)CC1. The molecule has 0 aromatic heterocycles. The zero-order valence-electron chi connectivity index (χ0n) is 9.23. The third kappa shape index (κ3) is 4.83. The van der Waals surface area contributed by atoms with Crippen LogP contribution in [-0.4, -0.2) is 31.2 Å². The Morgan fingerprint density at radius 3 is 2.12 bits per heavy atom. The third-order valence-electron chi connectivity index (χ3n) is 2.86. The van der Waals surface area contributed by atoms with Crippen molar-refractivity contribution in [1.82, 2.24) is 10.6 Å². The standard InChI is InChI=1S/C10H17F3N2O/c1-14-7-2-4-8(5-3-7)15-9(16)6-10(11,12)13/h7-8,14H,2-6H2,1H3,(H,15,16). The molecule has 6 heteroatoms. The van der Waals surface area contributed by atoms with Gasteiger partial charge in [-0.3, -0.25) is 4.79 Å². The Labute approximate surface area is 92.8 Å². The lowest BCUT2D eigenvalue weighted by atomic mass is 9.91. The normalized spacial score (nSPS) is 26.5. The van der Waals surface area contributed by atoms with E-state index in [1.165, 1.54) is 0 Å². The summed E-state index contributed by atoms with van der Waals surface area (Å²) < 4.78 is 35.7. The molecule has 0 bridgehead atoms. The summed E-state index contributed by atoms with van der Waals surface area (Å²) >= 11 is 0. The minimum atomic E-state index is -4.41. The van der Waals surface area contributed by atoms with Gasteiger partial charge in [-0.05, 0) is 32.7 Å². The van der Waals surface area contributed by atoms with Gasteiger partial charge in [0, 0.05) is 12.1 Å². The van der Waals surface area contributed by atoms with Gasteiger partial charge in [-0.2, -0.15) is 13.2 Å². The number of alkyl halides is 3. The van der Waals surface area contributed by atoms with E-state index >= 15 is 0 Å². The molecule has 0 spiro atoms. The van der Waals surface area contributed by atoms with Gasteiger partial charge in [0.05, 0.1) is 0 Å². The van der Waals surface area contributed by atoms with Gasteiger partial charge in [0.15, 0.2) is 0 Å². The molecule has 2 N–H and O–H groups in total. The van der Waals surface area contributed by atoms with Crippen LogP contribution in [-0.2, 0) is 4.79 Å². The van der Waals surface area contributed by atoms with Crippen LogP contribution in [0.15, 0.2) is 0 Å². The zero-order valence-corrected chi connectivity index (χ0v) is 9.23. The van der Waals surface area contributed by atoms with Crippen molar-refractivity contribution in [2.75, 3.05) is 7.05 Å². The Bertz CT molecular complexity index is 235. The molecule has 1 rings (SSSR count). The number of rotatable bonds is 3. The first-order chi connectivity index (χ1) is 7.40. The predicted octanol–water partition coefficient (Wildman–Crippen LogP) is 1.59. The summed E-state index contributed by atoms with van der Waals surface area (Å²) in [4.78, 5) is 11.0. The van der Waals surface area contributed by atoms with Crippen LogP contribution in [0.4, 0.5) is 13.2 Å². The highest BCUT2D eigenvalue weighted by atomic mass is 19.4. The van der Waals surface area contributed by atoms with Crippen molar-refractivity contribution in [3.8, 4) is 0 Å². The van der Waals surface area contributed by atoms with Crippen molar-refractivity contribution in [3.05, 3.63) is 0 Å². The molecule has 1 amide bonds. The number of hydrogen-bond acceptors (Lipinski definition) is 2. The lowest BCUT2D eigenvalue weighted by molar-refractivity contribution is -0.154. The molecule has 94 valence electrons. The molecule has 0 aliphatic heterocycles. The zero-order chi connectivity index (χ0) is 12.2. The quantitative estimate of drug-likeness (QED) is 0.784. The van der Waals surface area contributed by atoms with Crippen LogP contribution in [0, 0.1) is 0 Å². The number of nitrogens with one attached hydrogen (secondary N) is 2. The second-order valence-corrected chi connectivity index (χ2v) is 4.20. The van der Waals surface area contributed by atoms with E-state index in [1.807, 2.05) is 7.05 Å². The van der Waals surface area contributed by atoms with Gasteiger partial charge in [0.2, 0.25) is 5.91 Å². The summed E-state index contributed by atoms with van der Waals surface area (Å²) in [5.41, 5.74) is 0. The van der Waals surface area contributed by atoms with E-state index in [1.54, 1.807) is 0 Å². The average Bonchev–Trinajstić information content (AvgIpc) is 2.16. The lowest BCUT2D eigenvalue weighted by Gasteiger charge is -2.28. The highest BCUT2D eigenvalue weighted by molar-refractivity contribution is 5.76. The largest absolute Gasteiger partial charge is 0.397 e. The Balaban J connectivity index is 2.26. The predicted molar refractivity (Wildman–Crippen MR) is 53.9 cm³/mol. The molecular weight excluding hydrogens is 221 g/mol. The van der Waals surface area contributed by atoms with Crippen LogP contribution in [0.25, 0.3) is 0 Å². The van der Waals surface area contributed by atoms with Crippen molar-refractivity contribution in [2.45, 2.75) is 50.4 Å². The van der Waals surface area contributed by atoms with E-state index in [0.29, 0.717) is 6.04 Å². The van der Waals surface area contributed by atoms with E-state index in [4.69, 9.17) is 0 Å². The van der Waals surface area contributed by atoms with Crippen molar-refractivity contribution < 1.29 is 18.0 Å². The summed E-state index contributed by atoms with van der Waals surface area (Å²) in [6.45, 7) is 0. The van der Waals surface area contributed by atoms with Crippen LogP contribution in [0.2, 0.25) is 0 Å². The Kier molecular flexibility index (Phi) is 4.58. The first-order valence-electron chi connectivity index (χ1n) is 5.44. The molecule has 0 saturated heterocycles. The van der Waals surface area contributed by atoms with Gasteiger partial charge < -0.3 is 10.6 Å². The number of amides is 1. The summed E-state index contributed by atoms with van der Waals surface area (Å²) in [6, 6.07) is 0.329. The third-order valence-corrected chi connectivity index (χ3v) is 2.86. The summed E-state index contributed by atoms with van der Waals surface area (Å²) in [5.74, 6) is -0.916. The molecule has 0 aromatic carbocycles. The van der Waals surface area contributed by atoms with Crippen molar-refractivity contribution >= 4 is 5.91 Å². The first kappa shape index (κ1) is 13.3. The van der Waals surface area contributed by atoms with Crippen molar-refractivity contribution in [2.24, 2.45) is 0 Å². The highest BCUT2D eigenvalue weighted by Gasteiger charge is 2.32. The number of halogens is 3. The molecule has 0 unspecified atom stereocenters. The maximum absolute atomic E-state index is 11.9. The number of carbonyl (C=O) groups is 1. The minimum Gasteiger partial charge on any atom is -0.353 e. The monoisotopic (exact) mass is 238 g/mol. The Hall–Kier alpha value is -0.780. The molecule has 0 heterocycles. The number of carbonyl (C=O) groups excluding carboxylic acids is 1. The molecule has 0 radical (unpaired) electrons. The Morgan fingerprint density at radius 1 is 1.19 bits per heavy atom. The minimum absolute atomic E-state index is 0.0977. The number of hydrogen-bond donors (Lipinski definition) is 2. The molecule has 0 atom stereocenters. The molecule has 0 aromatic rings. The summed E-state index contributed by atoms with van der Waals surface area (Å²) in [6.07, 6.45) is -2.50. The first-order valence-corrected chi connectivity index (χ1v) is 5.44. The summed E-state index contributed by atoms with van der Waals surface area (Å²) in [5, 5.41) is 5.56. The van der Waals surface area contributed by atoms with Crippen LogP contribution < -0.4 is 10.6 Å². The topological polar surface area (TPSA) is 41.1 Å². The second kappa shape index (κ2) is 5.52. The maximum atomic E-state index is 11.9. The van der Waals surface area contributed by atoms with Gasteiger partial charge >= 0.3 is 6.18 Å². The van der Waals surface area contributed by atoms with E-state index in [-0.39, 0.29) is 6.04 Å². The van der Waals surface area contributed by atoms with E-state index in [2.05, 4.69) is 10.6 Å². The molecule has 1 aliphatic carbocycles. The highest BCUT2D eigenvalue weighted by Crippen LogP contribution is 2.21. The fourth-order valence-electron chi connectivity index (χ4n) is 1.99. The lowest BCUT2D eigenvalue weighted by Crippen LogP contribution is -2.42. The molecule has 1 aliphatic rings. The van der Waals surface area contributed by atoms with Crippen LogP contribution in [0.3, 0.4) is 0 Å². The van der Waals surface area contributed by atoms with Gasteiger partial charge in [0.1, 0.15) is 6.42 Å². The van der Waals surface area contributed by atoms with E-state index < -0.39 is 18.5 Å². The van der Waals surface area contributed by atoms with Crippen LogP contribution >= 0.6 is 0 Å². The van der Waals surface area contributed by atoms with Gasteiger partial charge in [0.25, 0.3) is 0 Å². The van der Waals surface area contributed by atoms with E-state index in [0.717, 1.165) is 25.7 Å². The second-order valence-electron chi connectivity index (χ2n) is 4.20. The smallest absolute Gasteiger partial charge is 0.353 e. The van der Waals surface area contributed by atoms with Crippen molar-refractivity contribution in [3.63, 3.8) is 0 Å². The molecule has 3 nitrogen and oxygen atoms in total.